The molecule has 4 rings (SSSR count). The van der Waals surface area contributed by atoms with Crippen LogP contribution in [0.1, 0.15) is 51.4 Å². The Kier molecular flexibility index (Phi) is 7.87. The first-order chi connectivity index (χ1) is 17.1. The number of hydrogen-bond donors (Lipinski definition) is 0. The number of fused-ring (bicyclic) bond motifs is 2. The molecule has 0 unspecified atom stereocenters. The van der Waals surface area contributed by atoms with Crippen LogP contribution in [0.4, 0.5) is 0 Å². The van der Waals surface area contributed by atoms with Crippen molar-refractivity contribution in [1.29, 1.82) is 0 Å². The molecule has 0 saturated heterocycles. The van der Waals surface area contributed by atoms with E-state index in [4.69, 9.17) is 9.47 Å². The lowest BCUT2D eigenvalue weighted by molar-refractivity contribution is 0.0997. The lowest BCUT2D eigenvalue weighted by Gasteiger charge is -2.25. The second-order valence-electron chi connectivity index (χ2n) is 9.76. The molecule has 0 bridgehead atoms. The first kappa shape index (κ1) is 26.4. The van der Waals surface area contributed by atoms with Crippen LogP contribution in [0.2, 0.25) is 0 Å². The number of amides is 1. The van der Waals surface area contributed by atoms with Crippen molar-refractivity contribution in [3.8, 4) is 11.5 Å². The lowest BCUT2D eigenvalue weighted by atomic mass is 10.2. The highest BCUT2D eigenvalue weighted by molar-refractivity contribution is 7.89. The fourth-order valence-corrected chi connectivity index (χ4v) is 6.97. The van der Waals surface area contributed by atoms with Crippen molar-refractivity contribution in [2.24, 2.45) is 16.8 Å². The molecular weight excluding hydrogens is 498 g/mol. The number of ether oxygens (including phenoxy) is 2. The van der Waals surface area contributed by atoms with E-state index in [1.165, 1.54) is 39.9 Å². The zero-order chi connectivity index (χ0) is 26.0. The Labute approximate surface area is 216 Å². The maximum absolute atomic E-state index is 13.3. The molecule has 194 valence electrons. The molecule has 0 radical (unpaired) electrons. The van der Waals surface area contributed by atoms with Gasteiger partial charge in [0.25, 0.3) is 5.91 Å². The number of aryl methyl sites for hydroxylation is 1. The standard InChI is InChI=1S/C26H33N3O5S2/c1-6-11-29-21-12-22-23(34-16-33-22)13-24(21)35-26(29)27-25(30)19-7-9-20(10-8-19)36(31,32)28(14-17(2)3)15-18(4)5/h7-10,12-13,17-18H,6,11,14-16H2,1-5H3. The normalized spacial score (nSPS) is 14.1. The number of hydrogen-bond acceptors (Lipinski definition) is 6. The number of carbonyl (C=O) groups excluding carboxylic acids is 1. The molecule has 1 aliphatic rings. The number of thiazole rings is 1. The van der Waals surface area contributed by atoms with Crippen LogP contribution >= 0.6 is 11.3 Å². The van der Waals surface area contributed by atoms with Crippen molar-refractivity contribution in [3.63, 3.8) is 0 Å². The van der Waals surface area contributed by atoms with Crippen molar-refractivity contribution in [1.82, 2.24) is 8.87 Å². The average molecular weight is 532 g/mol. The van der Waals surface area contributed by atoms with Crippen LogP contribution in [-0.4, -0.2) is 43.1 Å². The van der Waals surface area contributed by atoms with Gasteiger partial charge in [-0.3, -0.25) is 4.79 Å². The Morgan fingerprint density at radius 3 is 2.25 bits per heavy atom. The van der Waals surface area contributed by atoms with Gasteiger partial charge in [-0.1, -0.05) is 46.0 Å². The second-order valence-corrected chi connectivity index (χ2v) is 12.7. The smallest absolute Gasteiger partial charge is 0.279 e. The Morgan fingerprint density at radius 1 is 1.06 bits per heavy atom. The minimum absolute atomic E-state index is 0.178. The summed E-state index contributed by atoms with van der Waals surface area (Å²) < 4.78 is 42.0. The van der Waals surface area contributed by atoms with Crippen LogP contribution in [0.15, 0.2) is 46.3 Å². The number of aromatic nitrogens is 1. The highest BCUT2D eigenvalue weighted by Gasteiger charge is 2.26. The highest BCUT2D eigenvalue weighted by atomic mass is 32.2. The largest absolute Gasteiger partial charge is 0.454 e. The van der Waals surface area contributed by atoms with Crippen LogP contribution in [0.5, 0.6) is 11.5 Å². The molecule has 0 spiro atoms. The minimum Gasteiger partial charge on any atom is -0.454 e. The van der Waals surface area contributed by atoms with Crippen LogP contribution < -0.4 is 14.3 Å². The fraction of sp³-hybridized carbons (Fsp3) is 0.462. The lowest BCUT2D eigenvalue weighted by Crippen LogP contribution is -2.37. The van der Waals surface area contributed by atoms with Crippen LogP contribution in [-0.2, 0) is 16.6 Å². The number of nitrogens with zero attached hydrogens (tertiary/aromatic N) is 3. The maximum atomic E-state index is 13.3. The summed E-state index contributed by atoms with van der Waals surface area (Å²) >= 11 is 1.41. The SMILES string of the molecule is CCCn1c(=NC(=O)c2ccc(S(=O)(=O)N(CC(C)C)CC(C)C)cc2)sc2cc3c(cc21)OCO3. The van der Waals surface area contributed by atoms with E-state index in [9.17, 15) is 13.2 Å². The predicted molar refractivity (Wildman–Crippen MR) is 141 cm³/mol. The molecule has 0 saturated carbocycles. The molecule has 8 nitrogen and oxygen atoms in total. The summed E-state index contributed by atoms with van der Waals surface area (Å²) in [4.78, 5) is 18.2. The van der Waals surface area contributed by atoms with Crippen molar-refractivity contribution < 1.29 is 22.7 Å². The summed E-state index contributed by atoms with van der Waals surface area (Å²) in [6.45, 7) is 11.8. The van der Waals surface area contributed by atoms with Gasteiger partial charge in [-0.15, -0.1) is 0 Å². The monoisotopic (exact) mass is 531 g/mol. The maximum Gasteiger partial charge on any atom is 0.279 e. The minimum atomic E-state index is -3.66. The van der Waals surface area contributed by atoms with Gasteiger partial charge in [0, 0.05) is 37.3 Å². The molecular formula is C26H33N3O5S2. The van der Waals surface area contributed by atoms with E-state index in [0.29, 0.717) is 41.5 Å². The highest BCUT2D eigenvalue weighted by Crippen LogP contribution is 2.37. The molecule has 10 heteroatoms. The van der Waals surface area contributed by atoms with E-state index in [1.807, 2.05) is 44.4 Å². The van der Waals surface area contributed by atoms with Crippen molar-refractivity contribution in [2.45, 2.75) is 52.5 Å². The molecule has 0 N–H and O–H groups in total. The Bertz CT molecular complexity index is 1410. The molecule has 36 heavy (non-hydrogen) atoms. The van der Waals surface area contributed by atoms with E-state index in [0.717, 1.165) is 16.6 Å². The predicted octanol–water partition coefficient (Wildman–Crippen LogP) is 4.89. The van der Waals surface area contributed by atoms with E-state index in [2.05, 4.69) is 11.9 Å². The van der Waals surface area contributed by atoms with Gasteiger partial charge in [-0.2, -0.15) is 9.30 Å². The Hall–Kier alpha value is -2.69. The summed E-state index contributed by atoms with van der Waals surface area (Å²) in [6.07, 6.45) is 0.872. The van der Waals surface area contributed by atoms with E-state index >= 15 is 0 Å². The number of carbonyl (C=O) groups is 1. The molecule has 2 aromatic carbocycles. The molecule has 1 aliphatic heterocycles. The quantitative estimate of drug-likeness (QED) is 0.392. The van der Waals surface area contributed by atoms with Crippen molar-refractivity contribution >= 4 is 37.5 Å². The Morgan fingerprint density at radius 2 is 1.67 bits per heavy atom. The van der Waals surface area contributed by atoms with Crippen LogP contribution in [0.25, 0.3) is 10.2 Å². The van der Waals surface area contributed by atoms with Gasteiger partial charge in [-0.25, -0.2) is 8.42 Å². The second kappa shape index (κ2) is 10.7. The first-order valence-corrected chi connectivity index (χ1v) is 14.5. The molecule has 1 aromatic heterocycles. The van der Waals surface area contributed by atoms with E-state index in [1.54, 1.807) is 0 Å². The van der Waals surface area contributed by atoms with E-state index < -0.39 is 15.9 Å². The summed E-state index contributed by atoms with van der Waals surface area (Å²) in [6, 6.07) is 9.90. The molecule has 3 aromatic rings. The summed E-state index contributed by atoms with van der Waals surface area (Å²) in [5, 5.41) is 0. The molecule has 1 amide bonds. The molecule has 0 fully saturated rings. The summed E-state index contributed by atoms with van der Waals surface area (Å²) in [7, 11) is -3.66. The molecule has 2 heterocycles. The summed E-state index contributed by atoms with van der Waals surface area (Å²) in [5.41, 5.74) is 1.28. The fourth-order valence-electron chi connectivity index (χ4n) is 4.14. The van der Waals surface area contributed by atoms with Crippen molar-refractivity contribution in [2.75, 3.05) is 19.9 Å². The Balaban J connectivity index is 1.65. The third-order valence-electron chi connectivity index (χ3n) is 5.70. The van der Waals surface area contributed by atoms with E-state index in [-0.39, 0.29) is 23.5 Å². The van der Waals surface area contributed by atoms with Crippen LogP contribution in [0, 0.1) is 11.8 Å². The number of rotatable bonds is 9. The zero-order valence-corrected chi connectivity index (χ0v) is 23.0. The topological polar surface area (TPSA) is 90.2 Å². The third kappa shape index (κ3) is 5.50. The van der Waals surface area contributed by atoms with Crippen LogP contribution in [0.3, 0.4) is 0 Å². The van der Waals surface area contributed by atoms with Gasteiger partial charge >= 0.3 is 0 Å². The van der Waals surface area contributed by atoms with Gasteiger partial charge in [0.2, 0.25) is 16.8 Å². The van der Waals surface area contributed by atoms with Gasteiger partial charge < -0.3 is 14.0 Å². The van der Waals surface area contributed by atoms with Gasteiger partial charge in [0.1, 0.15) is 0 Å². The third-order valence-corrected chi connectivity index (χ3v) is 8.59. The molecule has 0 aliphatic carbocycles. The van der Waals surface area contributed by atoms with Gasteiger partial charge in [-0.05, 0) is 42.5 Å². The first-order valence-electron chi connectivity index (χ1n) is 12.2. The summed E-state index contributed by atoms with van der Waals surface area (Å²) in [5.74, 6) is 1.36. The van der Waals surface area contributed by atoms with Gasteiger partial charge in [0.05, 0.1) is 15.1 Å². The van der Waals surface area contributed by atoms with Crippen molar-refractivity contribution in [3.05, 3.63) is 46.8 Å². The number of sulfonamides is 1. The number of benzene rings is 2. The molecule has 0 atom stereocenters. The van der Waals surface area contributed by atoms with Gasteiger partial charge in [0.15, 0.2) is 16.3 Å². The zero-order valence-electron chi connectivity index (χ0n) is 21.4. The average Bonchev–Trinajstić information content (AvgIpc) is 3.40.